The van der Waals surface area contributed by atoms with Gasteiger partial charge >= 0.3 is 0 Å². The number of hydrogen-bond donors (Lipinski definition) is 0. The van der Waals surface area contributed by atoms with Gasteiger partial charge in [-0.2, -0.15) is 0 Å². The van der Waals surface area contributed by atoms with Crippen molar-refractivity contribution in [3.63, 3.8) is 0 Å². The highest BCUT2D eigenvalue weighted by molar-refractivity contribution is 5.72. The van der Waals surface area contributed by atoms with E-state index in [0.717, 1.165) is 31.6 Å². The zero-order chi connectivity index (χ0) is 22.9. The molecule has 0 fully saturated rings. The zero-order valence-corrected chi connectivity index (χ0v) is 21.2. The van der Waals surface area contributed by atoms with Crippen molar-refractivity contribution in [1.29, 1.82) is 0 Å². The first kappa shape index (κ1) is 29.5. The Balaban J connectivity index is 0. The Labute approximate surface area is 183 Å². The second kappa shape index (κ2) is 17.2. The summed E-state index contributed by atoms with van der Waals surface area (Å²) >= 11 is 0. The van der Waals surface area contributed by atoms with Crippen LogP contribution in [0.2, 0.25) is 0 Å². The van der Waals surface area contributed by atoms with Gasteiger partial charge in [0.25, 0.3) is 0 Å². The van der Waals surface area contributed by atoms with E-state index < -0.39 is 0 Å². The highest BCUT2D eigenvalue weighted by atomic mass is 16.5. The molecule has 1 aliphatic heterocycles. The first-order chi connectivity index (χ1) is 13.7. The lowest BCUT2D eigenvalue weighted by Gasteiger charge is -2.17. The molecule has 1 aromatic carbocycles. The third-order valence-corrected chi connectivity index (χ3v) is 3.70. The summed E-state index contributed by atoms with van der Waals surface area (Å²) in [6.07, 6.45) is 10.1. The van der Waals surface area contributed by atoms with Gasteiger partial charge in [0, 0.05) is 11.1 Å². The highest BCUT2D eigenvalue weighted by Crippen LogP contribution is 2.33. The van der Waals surface area contributed by atoms with Crippen LogP contribution in [0.3, 0.4) is 0 Å². The van der Waals surface area contributed by atoms with Gasteiger partial charge in [0.15, 0.2) is 0 Å². The predicted molar refractivity (Wildman–Crippen MR) is 134 cm³/mol. The molecule has 0 spiro atoms. The average Bonchev–Trinajstić information content (AvgIpc) is 2.65. The molecule has 1 aliphatic rings. The van der Waals surface area contributed by atoms with E-state index in [1.165, 1.54) is 35.1 Å². The first-order valence-corrected chi connectivity index (χ1v) is 11.5. The van der Waals surface area contributed by atoms with Crippen LogP contribution in [-0.4, -0.2) is 6.61 Å². The Morgan fingerprint density at radius 2 is 1.45 bits per heavy atom. The lowest BCUT2D eigenvalue weighted by atomic mass is 9.95. The maximum Gasteiger partial charge on any atom is 0.130 e. The van der Waals surface area contributed by atoms with Crippen molar-refractivity contribution in [2.45, 2.75) is 101 Å². The van der Waals surface area contributed by atoms with E-state index in [1.807, 2.05) is 27.7 Å². The summed E-state index contributed by atoms with van der Waals surface area (Å²) in [7, 11) is 0. The van der Waals surface area contributed by atoms with Gasteiger partial charge in [-0.25, -0.2) is 0 Å². The smallest absolute Gasteiger partial charge is 0.130 e. The van der Waals surface area contributed by atoms with Crippen LogP contribution in [0.1, 0.15) is 104 Å². The summed E-state index contributed by atoms with van der Waals surface area (Å²) in [5, 5.41) is 0. The fourth-order valence-electron chi connectivity index (χ4n) is 2.72. The SMILES string of the molecule is C=C=C1CCCCC=CCCOc2c(C)cc(C)cc21.CC.CC.CC(C)(C)C. The zero-order valence-electron chi connectivity index (χ0n) is 21.2. The number of ether oxygens (including phenoxy) is 1. The molecule has 0 unspecified atom stereocenters. The number of rotatable bonds is 0. The van der Waals surface area contributed by atoms with Crippen LogP contribution in [0, 0.1) is 19.3 Å². The number of hydrogen-bond acceptors (Lipinski definition) is 1. The molecule has 166 valence electrons. The Morgan fingerprint density at radius 1 is 0.897 bits per heavy atom. The lowest BCUT2D eigenvalue weighted by molar-refractivity contribution is 0.321. The summed E-state index contributed by atoms with van der Waals surface area (Å²) in [4.78, 5) is 0. The molecule has 0 radical (unpaired) electrons. The predicted octanol–water partition coefficient (Wildman–Crippen LogP) is 9.48. The van der Waals surface area contributed by atoms with Crippen molar-refractivity contribution in [3.8, 4) is 5.75 Å². The molecule has 0 saturated carbocycles. The minimum absolute atomic E-state index is 0.500. The van der Waals surface area contributed by atoms with Crippen LogP contribution in [-0.2, 0) is 0 Å². The van der Waals surface area contributed by atoms with Crippen molar-refractivity contribution in [2.75, 3.05) is 6.61 Å². The minimum atomic E-state index is 0.500. The summed E-state index contributed by atoms with van der Waals surface area (Å²) in [6, 6.07) is 4.39. The minimum Gasteiger partial charge on any atom is -0.492 e. The normalized spacial score (nSPS) is 13.8. The van der Waals surface area contributed by atoms with Crippen molar-refractivity contribution in [3.05, 3.63) is 53.3 Å². The molecule has 0 aromatic heterocycles. The summed E-state index contributed by atoms with van der Waals surface area (Å²) in [5.41, 5.74) is 8.48. The van der Waals surface area contributed by atoms with E-state index >= 15 is 0 Å². The Bertz CT molecular complexity index is 616. The second-order valence-corrected chi connectivity index (χ2v) is 8.47. The summed E-state index contributed by atoms with van der Waals surface area (Å²) < 4.78 is 6.04. The van der Waals surface area contributed by atoms with Crippen LogP contribution in [0.5, 0.6) is 5.75 Å². The van der Waals surface area contributed by atoms with E-state index in [-0.39, 0.29) is 0 Å². The topological polar surface area (TPSA) is 9.23 Å². The van der Waals surface area contributed by atoms with E-state index in [9.17, 15) is 0 Å². The molecule has 2 rings (SSSR count). The fraction of sp³-hybridized carbons (Fsp3) is 0.607. The molecule has 0 saturated heterocycles. The van der Waals surface area contributed by atoms with Crippen LogP contribution in [0.4, 0.5) is 0 Å². The van der Waals surface area contributed by atoms with E-state index in [1.54, 1.807) is 0 Å². The Kier molecular flexibility index (Phi) is 17.4. The van der Waals surface area contributed by atoms with Crippen molar-refractivity contribution in [1.82, 2.24) is 0 Å². The third kappa shape index (κ3) is 14.9. The molecular weight excluding hydrogens is 352 g/mol. The Morgan fingerprint density at radius 3 is 2.00 bits per heavy atom. The van der Waals surface area contributed by atoms with Gasteiger partial charge in [0.1, 0.15) is 5.75 Å². The maximum atomic E-state index is 6.04. The van der Waals surface area contributed by atoms with Gasteiger partial charge in [-0.1, -0.05) is 80.2 Å². The Hall–Kier alpha value is -1.72. The van der Waals surface area contributed by atoms with Crippen LogP contribution in [0.15, 0.2) is 36.6 Å². The van der Waals surface area contributed by atoms with E-state index in [0.29, 0.717) is 5.41 Å². The fourth-order valence-corrected chi connectivity index (χ4v) is 2.72. The molecule has 1 heteroatoms. The molecular formula is C28H48O. The number of aryl methyl sites for hydroxylation is 2. The quantitative estimate of drug-likeness (QED) is 0.311. The molecule has 1 heterocycles. The van der Waals surface area contributed by atoms with Crippen molar-refractivity contribution < 1.29 is 4.74 Å². The number of fused-ring (bicyclic) bond motifs is 1. The number of benzene rings is 1. The van der Waals surface area contributed by atoms with Gasteiger partial charge in [-0.3, -0.25) is 0 Å². The van der Waals surface area contributed by atoms with Crippen LogP contribution < -0.4 is 4.74 Å². The summed E-state index contributed by atoms with van der Waals surface area (Å²) in [5.74, 6) is 1.01. The standard InChI is InChI=1S/C19H24O.C5H12.2C2H6/c1-4-17-11-9-7-5-6-8-10-12-20-19-16(3)13-15(2)14-18(17)19;1-5(2,3)4;2*1-2/h6,8,13-14H,1,5,7,9-12H2,2-3H3;1-4H3;2*1-2H3. The summed E-state index contributed by atoms with van der Waals surface area (Å²) in [6.45, 7) is 25.6. The van der Waals surface area contributed by atoms with Gasteiger partial charge in [0.05, 0.1) is 6.61 Å². The number of allylic oxidation sites excluding steroid dienone is 2. The van der Waals surface area contributed by atoms with Gasteiger partial charge < -0.3 is 4.74 Å². The molecule has 1 aromatic rings. The van der Waals surface area contributed by atoms with Crippen LogP contribution >= 0.6 is 0 Å². The van der Waals surface area contributed by atoms with Crippen molar-refractivity contribution in [2.24, 2.45) is 5.41 Å². The molecule has 0 aliphatic carbocycles. The lowest BCUT2D eigenvalue weighted by Crippen LogP contribution is -2.02. The molecule has 0 N–H and O–H groups in total. The first-order valence-electron chi connectivity index (χ1n) is 11.5. The molecule has 0 amide bonds. The van der Waals surface area contributed by atoms with E-state index in [4.69, 9.17) is 4.74 Å². The third-order valence-electron chi connectivity index (χ3n) is 3.70. The van der Waals surface area contributed by atoms with Crippen LogP contribution in [0.25, 0.3) is 5.57 Å². The van der Waals surface area contributed by atoms with E-state index in [2.05, 4.69) is 78.1 Å². The molecule has 0 atom stereocenters. The van der Waals surface area contributed by atoms with Gasteiger partial charge in [0.2, 0.25) is 0 Å². The van der Waals surface area contributed by atoms with Crippen molar-refractivity contribution >= 4 is 5.57 Å². The molecule has 29 heavy (non-hydrogen) atoms. The molecule has 1 nitrogen and oxygen atoms in total. The monoisotopic (exact) mass is 400 g/mol. The highest BCUT2D eigenvalue weighted by Gasteiger charge is 2.13. The largest absolute Gasteiger partial charge is 0.492 e. The average molecular weight is 401 g/mol. The second-order valence-electron chi connectivity index (χ2n) is 8.47. The van der Waals surface area contributed by atoms with Gasteiger partial charge in [-0.05, 0) is 68.6 Å². The maximum absolute atomic E-state index is 6.04. The molecule has 0 bridgehead atoms. The van der Waals surface area contributed by atoms with Gasteiger partial charge in [-0.15, -0.1) is 5.73 Å².